The monoisotopic (exact) mass is 417 g/mol. The SMILES string of the molecule is O=C1C[C@@H](N2CCN(Cc3ccccc3)CC2)C(=O)N1c1cccc(C(F)(F)F)c1. The smallest absolute Gasteiger partial charge is 0.297 e. The Labute approximate surface area is 172 Å². The van der Waals surface area contributed by atoms with Crippen LogP contribution in [-0.4, -0.2) is 53.8 Å². The molecule has 2 saturated heterocycles. The third-order valence-electron chi connectivity index (χ3n) is 5.65. The summed E-state index contributed by atoms with van der Waals surface area (Å²) in [5.74, 6) is -0.910. The Morgan fingerprint density at radius 3 is 2.27 bits per heavy atom. The molecule has 5 nitrogen and oxygen atoms in total. The van der Waals surface area contributed by atoms with Crippen molar-refractivity contribution in [3.8, 4) is 0 Å². The lowest BCUT2D eigenvalue weighted by atomic mass is 10.1. The average Bonchev–Trinajstić information content (AvgIpc) is 3.03. The predicted molar refractivity (Wildman–Crippen MR) is 106 cm³/mol. The van der Waals surface area contributed by atoms with Gasteiger partial charge in [0.1, 0.15) is 0 Å². The first-order chi connectivity index (χ1) is 14.3. The number of rotatable bonds is 4. The first kappa shape index (κ1) is 20.6. The highest BCUT2D eigenvalue weighted by molar-refractivity contribution is 6.22. The van der Waals surface area contributed by atoms with Gasteiger partial charge >= 0.3 is 6.18 Å². The van der Waals surface area contributed by atoms with Gasteiger partial charge in [-0.2, -0.15) is 13.2 Å². The predicted octanol–water partition coefficient (Wildman–Crippen LogP) is 3.16. The minimum atomic E-state index is -4.53. The van der Waals surface area contributed by atoms with Gasteiger partial charge in [-0.3, -0.25) is 19.4 Å². The van der Waals surface area contributed by atoms with E-state index in [1.807, 2.05) is 23.1 Å². The number of imide groups is 1. The van der Waals surface area contributed by atoms with Crippen LogP contribution < -0.4 is 4.90 Å². The second-order valence-electron chi connectivity index (χ2n) is 7.63. The molecule has 8 heteroatoms. The highest BCUT2D eigenvalue weighted by Crippen LogP contribution is 2.33. The lowest BCUT2D eigenvalue weighted by molar-refractivity contribution is -0.137. The van der Waals surface area contributed by atoms with Crippen LogP contribution in [0.15, 0.2) is 54.6 Å². The molecule has 2 heterocycles. The van der Waals surface area contributed by atoms with E-state index in [1.54, 1.807) is 0 Å². The number of piperazine rings is 1. The largest absolute Gasteiger partial charge is 0.416 e. The van der Waals surface area contributed by atoms with Gasteiger partial charge in [0.15, 0.2) is 0 Å². The molecule has 4 rings (SSSR count). The molecule has 2 aliphatic rings. The van der Waals surface area contributed by atoms with Gasteiger partial charge in [0.05, 0.1) is 23.7 Å². The average molecular weight is 417 g/mol. The number of alkyl halides is 3. The van der Waals surface area contributed by atoms with E-state index < -0.39 is 29.6 Å². The molecule has 0 aliphatic carbocycles. The minimum absolute atomic E-state index is 0.00619. The highest BCUT2D eigenvalue weighted by atomic mass is 19.4. The first-order valence-corrected chi connectivity index (χ1v) is 9.87. The quantitative estimate of drug-likeness (QED) is 0.717. The Morgan fingerprint density at radius 1 is 0.900 bits per heavy atom. The van der Waals surface area contributed by atoms with Gasteiger partial charge in [0, 0.05) is 32.7 Å². The number of nitrogens with zero attached hydrogens (tertiary/aromatic N) is 3. The lowest BCUT2D eigenvalue weighted by Crippen LogP contribution is -2.52. The zero-order valence-corrected chi connectivity index (χ0v) is 16.3. The van der Waals surface area contributed by atoms with Crippen LogP contribution in [0.2, 0.25) is 0 Å². The number of anilines is 1. The maximum atomic E-state index is 13.0. The summed E-state index contributed by atoms with van der Waals surface area (Å²) in [6, 6.07) is 13.9. The molecule has 0 radical (unpaired) electrons. The van der Waals surface area contributed by atoms with E-state index >= 15 is 0 Å². The summed E-state index contributed by atoms with van der Waals surface area (Å²) in [5.41, 5.74) is 0.317. The molecule has 1 atom stereocenters. The van der Waals surface area contributed by atoms with Gasteiger partial charge in [-0.25, -0.2) is 4.90 Å². The molecule has 2 aliphatic heterocycles. The van der Waals surface area contributed by atoms with Crippen LogP contribution in [0.1, 0.15) is 17.5 Å². The van der Waals surface area contributed by atoms with Gasteiger partial charge < -0.3 is 0 Å². The standard InChI is InChI=1S/C22H22F3N3O2/c23-22(24,25)17-7-4-8-18(13-17)28-20(29)14-19(21(28)30)27-11-9-26(10-12-27)15-16-5-2-1-3-6-16/h1-8,13,19H,9-12,14-15H2/t19-/m1/s1. The Morgan fingerprint density at radius 2 is 1.60 bits per heavy atom. The molecule has 2 amide bonds. The van der Waals surface area contributed by atoms with Gasteiger partial charge in [0.25, 0.3) is 5.91 Å². The molecule has 0 bridgehead atoms. The van der Waals surface area contributed by atoms with Gasteiger partial charge in [-0.1, -0.05) is 36.4 Å². The number of benzene rings is 2. The normalized spacial score (nSPS) is 21.4. The fourth-order valence-corrected chi connectivity index (χ4v) is 4.07. The number of carbonyl (C=O) groups excluding carboxylic acids is 2. The molecule has 2 aromatic rings. The van der Waals surface area contributed by atoms with E-state index in [1.165, 1.54) is 17.7 Å². The zero-order valence-electron chi connectivity index (χ0n) is 16.3. The Balaban J connectivity index is 1.41. The van der Waals surface area contributed by atoms with Crippen molar-refractivity contribution < 1.29 is 22.8 Å². The van der Waals surface area contributed by atoms with E-state index in [9.17, 15) is 22.8 Å². The molecule has 30 heavy (non-hydrogen) atoms. The fraction of sp³-hybridized carbons (Fsp3) is 0.364. The van der Waals surface area contributed by atoms with Crippen molar-refractivity contribution in [1.29, 1.82) is 0 Å². The van der Waals surface area contributed by atoms with Crippen molar-refractivity contribution in [3.05, 3.63) is 65.7 Å². The van der Waals surface area contributed by atoms with Crippen molar-refractivity contribution in [2.45, 2.75) is 25.2 Å². The topological polar surface area (TPSA) is 43.9 Å². The lowest BCUT2D eigenvalue weighted by Gasteiger charge is -2.37. The molecule has 0 spiro atoms. The number of hydrogen-bond acceptors (Lipinski definition) is 4. The van der Waals surface area contributed by atoms with Crippen LogP contribution in [0.4, 0.5) is 18.9 Å². The summed E-state index contributed by atoms with van der Waals surface area (Å²) in [5, 5.41) is 0. The number of amides is 2. The van der Waals surface area contributed by atoms with Crippen molar-refractivity contribution in [2.24, 2.45) is 0 Å². The van der Waals surface area contributed by atoms with Gasteiger partial charge in [-0.15, -0.1) is 0 Å². The van der Waals surface area contributed by atoms with E-state index in [0.29, 0.717) is 13.1 Å². The first-order valence-electron chi connectivity index (χ1n) is 9.87. The van der Waals surface area contributed by atoms with E-state index in [2.05, 4.69) is 17.0 Å². The maximum absolute atomic E-state index is 13.0. The molecule has 2 fully saturated rings. The van der Waals surface area contributed by atoms with Crippen LogP contribution >= 0.6 is 0 Å². The number of carbonyl (C=O) groups is 2. The second-order valence-corrected chi connectivity index (χ2v) is 7.63. The maximum Gasteiger partial charge on any atom is 0.416 e. The van der Waals surface area contributed by atoms with Crippen molar-refractivity contribution in [2.75, 3.05) is 31.1 Å². The Bertz CT molecular complexity index is 925. The zero-order chi connectivity index (χ0) is 21.3. The Hall–Kier alpha value is -2.71. The number of halogens is 3. The van der Waals surface area contributed by atoms with E-state index in [4.69, 9.17) is 0 Å². The molecule has 0 unspecified atom stereocenters. The fourth-order valence-electron chi connectivity index (χ4n) is 4.07. The Kier molecular flexibility index (Phi) is 5.62. The third kappa shape index (κ3) is 4.24. The van der Waals surface area contributed by atoms with Crippen LogP contribution in [0, 0.1) is 0 Å². The van der Waals surface area contributed by atoms with Crippen LogP contribution in [-0.2, 0) is 22.3 Å². The summed E-state index contributed by atoms with van der Waals surface area (Å²) >= 11 is 0. The summed E-state index contributed by atoms with van der Waals surface area (Å²) in [7, 11) is 0. The van der Waals surface area contributed by atoms with Crippen LogP contribution in [0.3, 0.4) is 0 Å². The third-order valence-corrected chi connectivity index (χ3v) is 5.65. The molecule has 0 N–H and O–H groups in total. The molecule has 158 valence electrons. The van der Waals surface area contributed by atoms with Crippen molar-refractivity contribution in [3.63, 3.8) is 0 Å². The highest BCUT2D eigenvalue weighted by Gasteiger charge is 2.44. The summed E-state index contributed by atoms with van der Waals surface area (Å²) < 4.78 is 39.0. The summed E-state index contributed by atoms with van der Waals surface area (Å²) in [4.78, 5) is 30.6. The van der Waals surface area contributed by atoms with Gasteiger partial charge in [0.2, 0.25) is 5.91 Å². The van der Waals surface area contributed by atoms with Gasteiger partial charge in [-0.05, 0) is 23.8 Å². The van der Waals surface area contributed by atoms with E-state index in [0.717, 1.165) is 36.7 Å². The van der Waals surface area contributed by atoms with Crippen molar-refractivity contribution >= 4 is 17.5 Å². The van der Waals surface area contributed by atoms with Crippen LogP contribution in [0.25, 0.3) is 0 Å². The minimum Gasteiger partial charge on any atom is -0.297 e. The number of hydrogen-bond donors (Lipinski definition) is 0. The van der Waals surface area contributed by atoms with E-state index in [-0.39, 0.29) is 12.1 Å². The van der Waals surface area contributed by atoms with Crippen molar-refractivity contribution in [1.82, 2.24) is 9.80 Å². The summed E-state index contributed by atoms with van der Waals surface area (Å²) in [6.07, 6.45) is -4.54. The molecule has 2 aromatic carbocycles. The molecule has 0 saturated carbocycles. The molecule has 0 aromatic heterocycles. The van der Waals surface area contributed by atoms with Crippen LogP contribution in [0.5, 0.6) is 0 Å². The molecular weight excluding hydrogens is 395 g/mol. The summed E-state index contributed by atoms with van der Waals surface area (Å²) in [6.45, 7) is 3.61. The molecular formula is C22H22F3N3O2. The second kappa shape index (κ2) is 8.20.